The van der Waals surface area contributed by atoms with E-state index in [9.17, 15) is 0 Å². The summed E-state index contributed by atoms with van der Waals surface area (Å²) in [5.74, 6) is 1.65. The Labute approximate surface area is 149 Å². The summed E-state index contributed by atoms with van der Waals surface area (Å²) >= 11 is 0. The van der Waals surface area contributed by atoms with Crippen molar-refractivity contribution in [2.45, 2.75) is 32.0 Å². The highest BCUT2D eigenvalue weighted by atomic mass is 16.5. The van der Waals surface area contributed by atoms with E-state index in [4.69, 9.17) is 14.2 Å². The fourth-order valence-electron chi connectivity index (χ4n) is 3.25. The fourth-order valence-corrected chi connectivity index (χ4v) is 3.25. The fraction of sp³-hybridized carbons (Fsp3) is 0.526. The number of imidazole rings is 1. The molecule has 0 N–H and O–H groups in total. The number of methoxy groups -OCH3 is 2. The Balaban J connectivity index is 1.77. The van der Waals surface area contributed by atoms with E-state index < -0.39 is 0 Å². The van der Waals surface area contributed by atoms with Crippen LogP contribution in [0.1, 0.15) is 24.1 Å². The zero-order valence-electron chi connectivity index (χ0n) is 15.3. The van der Waals surface area contributed by atoms with Gasteiger partial charge in [-0.2, -0.15) is 0 Å². The highest BCUT2D eigenvalue weighted by Gasteiger charge is 2.21. The van der Waals surface area contributed by atoms with Crippen molar-refractivity contribution in [1.82, 2.24) is 14.5 Å². The molecule has 0 saturated carbocycles. The van der Waals surface area contributed by atoms with E-state index in [0.29, 0.717) is 6.10 Å². The van der Waals surface area contributed by atoms with Crippen LogP contribution in [-0.4, -0.2) is 47.9 Å². The third-order valence-corrected chi connectivity index (χ3v) is 4.68. The van der Waals surface area contributed by atoms with Crippen molar-refractivity contribution in [3.05, 3.63) is 42.0 Å². The summed E-state index contributed by atoms with van der Waals surface area (Å²) in [5, 5.41) is 0. The van der Waals surface area contributed by atoms with E-state index in [-0.39, 0.29) is 0 Å². The molecule has 1 aliphatic heterocycles. The minimum Gasteiger partial charge on any atom is -0.497 e. The lowest BCUT2D eigenvalue weighted by Gasteiger charge is -2.26. The first-order valence-electron chi connectivity index (χ1n) is 8.69. The maximum Gasteiger partial charge on any atom is 0.127 e. The van der Waals surface area contributed by atoms with Crippen LogP contribution in [0.4, 0.5) is 0 Å². The highest BCUT2D eigenvalue weighted by molar-refractivity contribution is 5.40. The number of aryl methyl sites for hydroxylation is 1. The van der Waals surface area contributed by atoms with Crippen molar-refractivity contribution < 1.29 is 14.2 Å². The average molecular weight is 345 g/mol. The molecular weight excluding hydrogens is 318 g/mol. The molecular formula is C19H27N3O3. The van der Waals surface area contributed by atoms with Crippen LogP contribution in [0.15, 0.2) is 30.7 Å². The van der Waals surface area contributed by atoms with Crippen LogP contribution >= 0.6 is 0 Å². The van der Waals surface area contributed by atoms with Gasteiger partial charge in [-0.25, -0.2) is 4.98 Å². The molecule has 136 valence electrons. The Morgan fingerprint density at radius 3 is 2.80 bits per heavy atom. The minimum atomic E-state index is 0.303. The van der Waals surface area contributed by atoms with E-state index in [1.54, 1.807) is 14.2 Å². The van der Waals surface area contributed by atoms with E-state index in [2.05, 4.69) is 20.5 Å². The second-order valence-electron chi connectivity index (χ2n) is 6.48. The third-order valence-electron chi connectivity index (χ3n) is 4.68. The molecule has 6 heteroatoms. The maximum atomic E-state index is 5.85. The summed E-state index contributed by atoms with van der Waals surface area (Å²) in [6.07, 6.45) is 6.34. The Kier molecular flexibility index (Phi) is 5.94. The van der Waals surface area contributed by atoms with Gasteiger partial charge in [0, 0.05) is 51.1 Å². The van der Waals surface area contributed by atoms with Gasteiger partial charge in [0.15, 0.2) is 0 Å². The van der Waals surface area contributed by atoms with Crippen molar-refractivity contribution >= 4 is 0 Å². The Hall–Kier alpha value is -2.05. The molecule has 1 aliphatic rings. The van der Waals surface area contributed by atoms with Crippen molar-refractivity contribution in [2.24, 2.45) is 7.05 Å². The van der Waals surface area contributed by atoms with E-state index in [0.717, 1.165) is 56.1 Å². The predicted molar refractivity (Wildman–Crippen MR) is 95.8 cm³/mol. The lowest BCUT2D eigenvalue weighted by Crippen LogP contribution is -2.32. The second-order valence-corrected chi connectivity index (χ2v) is 6.48. The number of hydrogen-bond donors (Lipinski definition) is 0. The van der Waals surface area contributed by atoms with Gasteiger partial charge in [-0.05, 0) is 18.9 Å². The van der Waals surface area contributed by atoms with Gasteiger partial charge in [0.05, 0.1) is 32.3 Å². The molecule has 1 saturated heterocycles. The molecule has 1 aromatic carbocycles. The van der Waals surface area contributed by atoms with Crippen molar-refractivity contribution in [3.8, 4) is 11.5 Å². The zero-order chi connectivity index (χ0) is 17.6. The van der Waals surface area contributed by atoms with E-state index in [1.165, 1.54) is 5.69 Å². The number of aromatic nitrogens is 2. The monoisotopic (exact) mass is 345 g/mol. The molecule has 0 amide bonds. The van der Waals surface area contributed by atoms with Gasteiger partial charge in [0.25, 0.3) is 0 Å². The third kappa shape index (κ3) is 4.52. The number of hydrogen-bond acceptors (Lipinski definition) is 5. The molecule has 2 aromatic rings. The Bertz CT molecular complexity index is 680. The number of nitrogens with zero attached hydrogens (tertiary/aromatic N) is 3. The summed E-state index contributed by atoms with van der Waals surface area (Å²) in [4.78, 5) is 6.63. The molecule has 0 unspecified atom stereocenters. The quantitative estimate of drug-likeness (QED) is 0.736. The average Bonchev–Trinajstić information content (AvgIpc) is 3.27. The second kappa shape index (κ2) is 8.36. The van der Waals surface area contributed by atoms with Crippen LogP contribution in [0.3, 0.4) is 0 Å². The molecule has 3 rings (SSSR count). The smallest absolute Gasteiger partial charge is 0.127 e. The molecule has 1 fully saturated rings. The molecule has 2 heterocycles. The summed E-state index contributed by atoms with van der Waals surface area (Å²) in [5.41, 5.74) is 2.33. The first kappa shape index (κ1) is 17.8. The minimum absolute atomic E-state index is 0.303. The molecule has 1 atom stereocenters. The Morgan fingerprint density at radius 1 is 1.28 bits per heavy atom. The zero-order valence-corrected chi connectivity index (χ0v) is 15.3. The van der Waals surface area contributed by atoms with Gasteiger partial charge < -0.3 is 18.8 Å². The van der Waals surface area contributed by atoms with Crippen LogP contribution < -0.4 is 9.47 Å². The SMILES string of the molecule is COc1ccc(CN(Cc2cncn2C)C[C@H]2CCCO2)c(OC)c1. The van der Waals surface area contributed by atoms with E-state index in [1.807, 2.05) is 31.7 Å². The van der Waals surface area contributed by atoms with Gasteiger partial charge >= 0.3 is 0 Å². The number of ether oxygens (including phenoxy) is 3. The first-order valence-corrected chi connectivity index (χ1v) is 8.69. The standard InChI is InChI=1S/C19H27N3O3/c1-21-14-20-10-16(21)12-22(13-18-5-4-8-25-18)11-15-6-7-17(23-2)9-19(15)24-3/h6-7,9-10,14,18H,4-5,8,11-13H2,1-3H3/t18-/m1/s1. The molecule has 1 aromatic heterocycles. The van der Waals surface area contributed by atoms with Crippen molar-refractivity contribution in [2.75, 3.05) is 27.4 Å². The van der Waals surface area contributed by atoms with Crippen LogP contribution in [0.25, 0.3) is 0 Å². The van der Waals surface area contributed by atoms with Crippen molar-refractivity contribution in [1.29, 1.82) is 0 Å². The number of benzene rings is 1. The van der Waals surface area contributed by atoms with Gasteiger partial charge in [0.1, 0.15) is 11.5 Å². The maximum absolute atomic E-state index is 5.85. The highest BCUT2D eigenvalue weighted by Crippen LogP contribution is 2.27. The number of rotatable bonds is 8. The molecule has 25 heavy (non-hydrogen) atoms. The normalized spacial score (nSPS) is 17.2. The molecule has 0 bridgehead atoms. The lowest BCUT2D eigenvalue weighted by molar-refractivity contribution is 0.0669. The van der Waals surface area contributed by atoms with Crippen LogP contribution in [-0.2, 0) is 24.9 Å². The molecule has 0 aliphatic carbocycles. The topological polar surface area (TPSA) is 48.8 Å². The van der Waals surface area contributed by atoms with Gasteiger partial charge in [0.2, 0.25) is 0 Å². The van der Waals surface area contributed by atoms with Crippen LogP contribution in [0.2, 0.25) is 0 Å². The van der Waals surface area contributed by atoms with Gasteiger partial charge in [-0.15, -0.1) is 0 Å². The molecule has 0 spiro atoms. The summed E-state index contributed by atoms with van der Waals surface area (Å²) < 4.78 is 18.8. The van der Waals surface area contributed by atoms with Crippen molar-refractivity contribution in [3.63, 3.8) is 0 Å². The molecule has 6 nitrogen and oxygen atoms in total. The van der Waals surface area contributed by atoms with Crippen LogP contribution in [0, 0.1) is 0 Å². The van der Waals surface area contributed by atoms with Gasteiger partial charge in [-0.1, -0.05) is 6.07 Å². The predicted octanol–water partition coefficient (Wildman–Crippen LogP) is 2.62. The van der Waals surface area contributed by atoms with E-state index >= 15 is 0 Å². The summed E-state index contributed by atoms with van der Waals surface area (Å²) in [6.45, 7) is 3.39. The largest absolute Gasteiger partial charge is 0.497 e. The van der Waals surface area contributed by atoms with Gasteiger partial charge in [-0.3, -0.25) is 4.90 Å². The molecule has 0 radical (unpaired) electrons. The summed E-state index contributed by atoms with van der Waals surface area (Å²) in [7, 11) is 5.39. The van der Waals surface area contributed by atoms with Crippen LogP contribution in [0.5, 0.6) is 11.5 Å². The lowest BCUT2D eigenvalue weighted by atomic mass is 10.1. The first-order chi connectivity index (χ1) is 12.2. The Morgan fingerprint density at radius 2 is 2.16 bits per heavy atom. The summed E-state index contributed by atoms with van der Waals surface area (Å²) in [6, 6.07) is 5.99.